The number of anilines is 1. The van der Waals surface area contributed by atoms with Crippen molar-refractivity contribution >= 4 is 34.5 Å². The number of amides is 2. The smallest absolute Gasteiger partial charge is 0.271 e. The number of carbonyl (C=O) groups excluding carboxylic acids is 2. The highest BCUT2D eigenvalue weighted by molar-refractivity contribution is 6.03. The molecular weight excluding hydrogens is 414 g/mol. The first-order valence-electron chi connectivity index (χ1n) is 10.5. The van der Waals surface area contributed by atoms with Gasteiger partial charge in [0.1, 0.15) is 12.4 Å². The van der Waals surface area contributed by atoms with Gasteiger partial charge in [-0.25, -0.2) is 5.43 Å². The molecule has 0 atom stereocenters. The van der Waals surface area contributed by atoms with E-state index in [0.29, 0.717) is 23.6 Å². The largest absolute Gasteiger partial charge is 0.488 e. The molecule has 0 unspecified atom stereocenters. The second kappa shape index (κ2) is 10.2. The summed E-state index contributed by atoms with van der Waals surface area (Å²) in [4.78, 5) is 23.8. The maximum atomic E-state index is 12.6. The predicted molar refractivity (Wildman–Crippen MR) is 131 cm³/mol. The Morgan fingerprint density at radius 1 is 0.909 bits per heavy atom. The molecule has 0 saturated heterocycles. The number of hydrogen-bond acceptors (Lipinski definition) is 4. The van der Waals surface area contributed by atoms with E-state index in [1.807, 2.05) is 66.7 Å². The predicted octanol–water partition coefficient (Wildman–Crippen LogP) is 5.14. The fourth-order valence-electron chi connectivity index (χ4n) is 3.43. The van der Waals surface area contributed by atoms with E-state index in [-0.39, 0.29) is 11.8 Å². The van der Waals surface area contributed by atoms with E-state index in [2.05, 4.69) is 15.8 Å². The number of fused-ring (bicyclic) bond motifs is 1. The molecule has 0 saturated carbocycles. The topological polar surface area (TPSA) is 79.8 Å². The minimum absolute atomic E-state index is 0.204. The van der Waals surface area contributed by atoms with Crippen LogP contribution in [0.15, 0.2) is 96.1 Å². The van der Waals surface area contributed by atoms with Crippen molar-refractivity contribution in [3.63, 3.8) is 0 Å². The molecule has 2 amide bonds. The van der Waals surface area contributed by atoms with Crippen molar-refractivity contribution in [2.75, 3.05) is 5.32 Å². The van der Waals surface area contributed by atoms with Crippen LogP contribution in [-0.4, -0.2) is 18.0 Å². The van der Waals surface area contributed by atoms with Crippen LogP contribution >= 0.6 is 0 Å². The molecule has 2 N–H and O–H groups in total. The van der Waals surface area contributed by atoms with Gasteiger partial charge in [0.15, 0.2) is 0 Å². The lowest BCUT2D eigenvalue weighted by Gasteiger charge is -2.12. The van der Waals surface area contributed by atoms with E-state index in [4.69, 9.17) is 4.74 Å². The van der Waals surface area contributed by atoms with Gasteiger partial charge in [-0.05, 0) is 40.6 Å². The molecule has 4 aromatic carbocycles. The van der Waals surface area contributed by atoms with Gasteiger partial charge in [-0.2, -0.15) is 5.10 Å². The van der Waals surface area contributed by atoms with E-state index >= 15 is 0 Å². The van der Waals surface area contributed by atoms with Crippen molar-refractivity contribution in [1.29, 1.82) is 0 Å². The van der Waals surface area contributed by atoms with Gasteiger partial charge < -0.3 is 10.1 Å². The normalized spacial score (nSPS) is 10.8. The summed E-state index contributed by atoms with van der Waals surface area (Å²) in [7, 11) is 0. The Balaban J connectivity index is 1.55. The Hall–Kier alpha value is -4.45. The fraction of sp³-hybridized carbons (Fsp3) is 0.0741. The SMILES string of the molecule is CC(=O)Nc1cccc(C(=O)N/N=C\c2c(OCc3ccccc3)ccc3ccccc23)c1. The first-order valence-corrected chi connectivity index (χ1v) is 10.5. The van der Waals surface area contributed by atoms with Crippen molar-refractivity contribution in [2.24, 2.45) is 5.10 Å². The minimum atomic E-state index is -0.384. The van der Waals surface area contributed by atoms with Crippen LogP contribution in [0, 0.1) is 0 Å². The standard InChI is InChI=1S/C27H23N3O3/c1-19(31)29-23-12-7-11-22(16-23)27(32)30-28-17-25-24-13-6-5-10-21(24)14-15-26(25)33-18-20-8-3-2-4-9-20/h2-17H,18H2,1H3,(H,29,31)(H,30,32)/b28-17-. The molecule has 0 fully saturated rings. The zero-order valence-corrected chi connectivity index (χ0v) is 18.1. The molecule has 6 nitrogen and oxygen atoms in total. The Kier molecular flexibility index (Phi) is 6.75. The summed E-state index contributed by atoms with van der Waals surface area (Å²) in [6.07, 6.45) is 1.60. The molecule has 0 heterocycles. The second-order valence-electron chi connectivity index (χ2n) is 7.43. The number of rotatable bonds is 7. The lowest BCUT2D eigenvalue weighted by atomic mass is 10.0. The van der Waals surface area contributed by atoms with Gasteiger partial charge in [-0.15, -0.1) is 0 Å². The Morgan fingerprint density at radius 2 is 1.70 bits per heavy atom. The van der Waals surface area contributed by atoms with Gasteiger partial charge in [0, 0.05) is 23.7 Å². The number of hydrogen-bond donors (Lipinski definition) is 2. The molecular formula is C27H23N3O3. The van der Waals surface area contributed by atoms with Gasteiger partial charge in [0.25, 0.3) is 5.91 Å². The van der Waals surface area contributed by atoms with Gasteiger partial charge in [0.2, 0.25) is 5.91 Å². The summed E-state index contributed by atoms with van der Waals surface area (Å²) < 4.78 is 6.08. The van der Waals surface area contributed by atoms with Crippen molar-refractivity contribution in [1.82, 2.24) is 5.43 Å². The summed E-state index contributed by atoms with van der Waals surface area (Å²) in [5.41, 5.74) is 5.32. The van der Waals surface area contributed by atoms with Crippen molar-refractivity contribution in [2.45, 2.75) is 13.5 Å². The molecule has 0 spiro atoms. The summed E-state index contributed by atoms with van der Waals surface area (Å²) in [5, 5.41) is 8.85. The van der Waals surface area contributed by atoms with Crippen molar-refractivity contribution in [3.8, 4) is 5.75 Å². The molecule has 4 aromatic rings. The maximum Gasteiger partial charge on any atom is 0.271 e. The van der Waals surface area contributed by atoms with Crippen molar-refractivity contribution < 1.29 is 14.3 Å². The summed E-state index contributed by atoms with van der Waals surface area (Å²) in [5.74, 6) is 0.0817. The molecule has 0 aliphatic rings. The van der Waals surface area contributed by atoms with Crippen molar-refractivity contribution in [3.05, 3.63) is 108 Å². The third kappa shape index (κ3) is 5.62. The molecule has 0 aromatic heterocycles. The highest BCUT2D eigenvalue weighted by Gasteiger charge is 2.09. The Labute approximate surface area is 191 Å². The second-order valence-corrected chi connectivity index (χ2v) is 7.43. The van der Waals surface area contributed by atoms with Crippen LogP contribution in [0.5, 0.6) is 5.75 Å². The average Bonchev–Trinajstić information content (AvgIpc) is 2.83. The van der Waals surface area contributed by atoms with E-state index in [1.165, 1.54) is 6.92 Å². The van der Waals surface area contributed by atoms with E-state index < -0.39 is 0 Å². The van der Waals surface area contributed by atoms with Crippen LogP contribution < -0.4 is 15.5 Å². The molecule has 0 radical (unpaired) electrons. The molecule has 6 heteroatoms. The molecule has 164 valence electrons. The molecule has 0 bridgehead atoms. The van der Waals surface area contributed by atoms with Crippen LogP contribution in [0.25, 0.3) is 10.8 Å². The van der Waals surface area contributed by atoms with E-state index in [9.17, 15) is 9.59 Å². The molecule has 4 rings (SSSR count). The third-order valence-electron chi connectivity index (χ3n) is 4.97. The Morgan fingerprint density at radius 3 is 2.52 bits per heavy atom. The maximum absolute atomic E-state index is 12.6. The molecule has 33 heavy (non-hydrogen) atoms. The highest BCUT2D eigenvalue weighted by Crippen LogP contribution is 2.27. The minimum Gasteiger partial charge on any atom is -0.488 e. The number of nitrogens with one attached hydrogen (secondary N) is 2. The first kappa shape index (κ1) is 21.8. The monoisotopic (exact) mass is 437 g/mol. The highest BCUT2D eigenvalue weighted by atomic mass is 16.5. The average molecular weight is 437 g/mol. The van der Waals surface area contributed by atoms with Crippen LogP contribution in [-0.2, 0) is 11.4 Å². The first-order chi connectivity index (χ1) is 16.1. The lowest BCUT2D eigenvalue weighted by molar-refractivity contribution is -0.114. The zero-order valence-electron chi connectivity index (χ0n) is 18.1. The number of hydrazone groups is 1. The van der Waals surface area contributed by atoms with Gasteiger partial charge in [-0.3, -0.25) is 9.59 Å². The van der Waals surface area contributed by atoms with Gasteiger partial charge >= 0.3 is 0 Å². The van der Waals surface area contributed by atoms with Crippen LogP contribution in [0.3, 0.4) is 0 Å². The third-order valence-corrected chi connectivity index (χ3v) is 4.97. The lowest BCUT2D eigenvalue weighted by Crippen LogP contribution is -2.18. The summed E-state index contributed by atoms with van der Waals surface area (Å²) >= 11 is 0. The van der Waals surface area contributed by atoms with E-state index in [1.54, 1.807) is 30.5 Å². The molecule has 0 aliphatic carbocycles. The fourth-order valence-corrected chi connectivity index (χ4v) is 3.43. The quantitative estimate of drug-likeness (QED) is 0.310. The van der Waals surface area contributed by atoms with Crippen LogP contribution in [0.1, 0.15) is 28.4 Å². The Bertz CT molecular complexity index is 1320. The van der Waals surface area contributed by atoms with Gasteiger partial charge in [-0.1, -0.05) is 66.7 Å². The summed E-state index contributed by atoms with van der Waals surface area (Å²) in [6, 6.07) is 28.4. The summed E-state index contributed by atoms with van der Waals surface area (Å²) in [6.45, 7) is 1.83. The molecule has 0 aliphatic heterocycles. The number of carbonyl (C=O) groups is 2. The van der Waals surface area contributed by atoms with E-state index in [0.717, 1.165) is 21.9 Å². The number of benzene rings is 4. The zero-order chi connectivity index (χ0) is 23.0. The number of nitrogens with zero attached hydrogens (tertiary/aromatic N) is 1. The van der Waals surface area contributed by atoms with Crippen LogP contribution in [0.2, 0.25) is 0 Å². The van der Waals surface area contributed by atoms with Crippen LogP contribution in [0.4, 0.5) is 5.69 Å². The number of ether oxygens (including phenoxy) is 1. The van der Waals surface area contributed by atoms with Gasteiger partial charge in [0.05, 0.1) is 6.21 Å².